The van der Waals surface area contributed by atoms with E-state index in [1.165, 1.54) is 22.3 Å². The van der Waals surface area contributed by atoms with E-state index in [4.69, 9.17) is 0 Å². The van der Waals surface area contributed by atoms with Gasteiger partial charge in [0.25, 0.3) is 0 Å². The molecule has 0 radical (unpaired) electrons. The van der Waals surface area contributed by atoms with Crippen molar-refractivity contribution in [2.24, 2.45) is 0 Å². The first kappa shape index (κ1) is 20.3. The molecule has 0 fully saturated rings. The fraction of sp³-hybridized carbons (Fsp3) is 0.269. The molecule has 4 aromatic rings. The Hall–Kier alpha value is -2.95. The number of hydrogen-bond donors (Lipinski definition) is 1. The van der Waals surface area contributed by atoms with Crippen molar-refractivity contribution >= 4 is 11.0 Å². The van der Waals surface area contributed by atoms with Crippen LogP contribution in [0.3, 0.4) is 0 Å². The summed E-state index contributed by atoms with van der Waals surface area (Å²) in [6, 6.07) is 25.9. The minimum absolute atomic E-state index is 0.961. The Balaban J connectivity index is 1.29. The second kappa shape index (κ2) is 9.70. The summed E-state index contributed by atoms with van der Waals surface area (Å²) in [6.07, 6.45) is 2.91. The lowest BCUT2D eigenvalue weighted by Crippen LogP contribution is -2.25. The summed E-state index contributed by atoms with van der Waals surface area (Å²) in [5.74, 6) is 0. The topological polar surface area (TPSA) is 35.2 Å². The molecule has 1 N–H and O–H groups in total. The van der Waals surface area contributed by atoms with E-state index in [1.807, 2.05) is 0 Å². The van der Waals surface area contributed by atoms with Gasteiger partial charge in [-0.2, -0.15) is 0 Å². The fourth-order valence-corrected chi connectivity index (χ4v) is 3.94. The normalized spacial score (nSPS) is 11.6. The first-order valence-electron chi connectivity index (χ1n) is 10.6. The van der Waals surface area contributed by atoms with Gasteiger partial charge in [-0.05, 0) is 74.1 Å². The Kier molecular flexibility index (Phi) is 6.57. The Labute approximate surface area is 179 Å². The molecule has 1 aromatic heterocycles. The van der Waals surface area contributed by atoms with Crippen molar-refractivity contribution in [1.29, 1.82) is 0 Å². The summed E-state index contributed by atoms with van der Waals surface area (Å²) in [5.41, 5.74) is 7.27. The van der Waals surface area contributed by atoms with Gasteiger partial charge in [0.05, 0.1) is 17.4 Å². The largest absolute Gasteiger partial charge is 0.345 e. The average molecular weight is 399 g/mol. The number of imidazole rings is 1. The highest BCUT2D eigenvalue weighted by Crippen LogP contribution is 2.24. The minimum atomic E-state index is 0.961. The molecule has 0 aliphatic heterocycles. The van der Waals surface area contributed by atoms with E-state index < -0.39 is 0 Å². The van der Waals surface area contributed by atoms with Gasteiger partial charge in [-0.15, -0.1) is 0 Å². The SMILES string of the molecule is CN(CCCN(C)Cc1cccc(-c2ccc3nc[nH]c3c2)c1)Cc1ccccc1. The van der Waals surface area contributed by atoms with Crippen LogP contribution in [0.1, 0.15) is 17.5 Å². The van der Waals surface area contributed by atoms with Gasteiger partial charge >= 0.3 is 0 Å². The van der Waals surface area contributed by atoms with Crippen LogP contribution in [0, 0.1) is 0 Å². The van der Waals surface area contributed by atoms with Crippen molar-refractivity contribution in [2.75, 3.05) is 27.2 Å². The lowest BCUT2D eigenvalue weighted by molar-refractivity contribution is 0.270. The summed E-state index contributed by atoms with van der Waals surface area (Å²) in [5, 5.41) is 0. The number of aromatic amines is 1. The smallest absolute Gasteiger partial charge is 0.0931 e. The molecule has 3 aromatic carbocycles. The molecule has 0 bridgehead atoms. The monoisotopic (exact) mass is 398 g/mol. The predicted octanol–water partition coefficient (Wildman–Crippen LogP) is 5.18. The van der Waals surface area contributed by atoms with E-state index in [-0.39, 0.29) is 0 Å². The number of H-pyrrole nitrogens is 1. The number of rotatable bonds is 9. The standard InChI is InChI=1S/C26H30N4/c1-29(18-21-8-4-3-5-9-21)14-7-15-30(2)19-22-10-6-11-23(16-22)24-12-13-25-26(17-24)28-20-27-25/h3-6,8-13,16-17,20H,7,14-15,18-19H2,1-2H3,(H,27,28). The Bertz CT molecular complexity index is 1070. The molecule has 0 spiro atoms. The third-order valence-corrected chi connectivity index (χ3v) is 5.51. The maximum atomic E-state index is 4.31. The second-order valence-corrected chi connectivity index (χ2v) is 8.15. The number of fused-ring (bicyclic) bond motifs is 1. The Morgan fingerprint density at radius 2 is 1.43 bits per heavy atom. The van der Waals surface area contributed by atoms with Crippen LogP contribution in [-0.4, -0.2) is 47.0 Å². The molecule has 0 aliphatic rings. The highest BCUT2D eigenvalue weighted by Gasteiger charge is 2.06. The van der Waals surface area contributed by atoms with E-state index in [0.29, 0.717) is 0 Å². The first-order valence-corrected chi connectivity index (χ1v) is 10.6. The van der Waals surface area contributed by atoms with Crippen molar-refractivity contribution in [3.63, 3.8) is 0 Å². The molecule has 4 rings (SSSR count). The van der Waals surface area contributed by atoms with Crippen LogP contribution in [0.2, 0.25) is 0 Å². The van der Waals surface area contributed by atoms with Gasteiger partial charge in [-0.25, -0.2) is 4.98 Å². The molecule has 4 nitrogen and oxygen atoms in total. The fourth-order valence-electron chi connectivity index (χ4n) is 3.94. The van der Waals surface area contributed by atoms with Crippen LogP contribution in [0.25, 0.3) is 22.2 Å². The van der Waals surface area contributed by atoms with Crippen LogP contribution >= 0.6 is 0 Å². The number of benzene rings is 3. The average Bonchev–Trinajstić information content (AvgIpc) is 3.22. The molecule has 0 amide bonds. The van der Waals surface area contributed by atoms with Gasteiger partial charge in [-0.3, -0.25) is 0 Å². The number of nitrogens with zero attached hydrogens (tertiary/aromatic N) is 3. The van der Waals surface area contributed by atoms with Crippen molar-refractivity contribution in [2.45, 2.75) is 19.5 Å². The van der Waals surface area contributed by atoms with Crippen LogP contribution in [-0.2, 0) is 13.1 Å². The van der Waals surface area contributed by atoms with E-state index in [2.05, 4.69) is 107 Å². The molecule has 0 atom stereocenters. The highest BCUT2D eigenvalue weighted by atomic mass is 15.1. The zero-order valence-electron chi connectivity index (χ0n) is 17.9. The predicted molar refractivity (Wildman–Crippen MR) is 125 cm³/mol. The summed E-state index contributed by atoms with van der Waals surface area (Å²) in [6.45, 7) is 4.16. The van der Waals surface area contributed by atoms with Gasteiger partial charge in [0.2, 0.25) is 0 Å². The Morgan fingerprint density at radius 3 is 2.23 bits per heavy atom. The molecule has 154 valence electrons. The molecule has 30 heavy (non-hydrogen) atoms. The molecule has 1 heterocycles. The van der Waals surface area contributed by atoms with E-state index in [1.54, 1.807) is 6.33 Å². The summed E-state index contributed by atoms with van der Waals surface area (Å²) < 4.78 is 0. The molecule has 4 heteroatoms. The van der Waals surface area contributed by atoms with Gasteiger partial charge in [0.15, 0.2) is 0 Å². The van der Waals surface area contributed by atoms with Crippen LogP contribution in [0.15, 0.2) is 79.1 Å². The molecular weight excluding hydrogens is 368 g/mol. The van der Waals surface area contributed by atoms with E-state index >= 15 is 0 Å². The minimum Gasteiger partial charge on any atom is -0.345 e. The summed E-state index contributed by atoms with van der Waals surface area (Å²) in [7, 11) is 4.41. The maximum absolute atomic E-state index is 4.31. The maximum Gasteiger partial charge on any atom is 0.0931 e. The van der Waals surface area contributed by atoms with Crippen LogP contribution in [0.5, 0.6) is 0 Å². The van der Waals surface area contributed by atoms with E-state index in [0.717, 1.165) is 43.6 Å². The summed E-state index contributed by atoms with van der Waals surface area (Å²) >= 11 is 0. The second-order valence-electron chi connectivity index (χ2n) is 8.15. The molecule has 0 aliphatic carbocycles. The number of aromatic nitrogens is 2. The lowest BCUT2D eigenvalue weighted by atomic mass is 10.0. The van der Waals surface area contributed by atoms with Crippen LogP contribution < -0.4 is 0 Å². The van der Waals surface area contributed by atoms with Crippen molar-refractivity contribution in [3.8, 4) is 11.1 Å². The van der Waals surface area contributed by atoms with E-state index in [9.17, 15) is 0 Å². The van der Waals surface area contributed by atoms with Crippen molar-refractivity contribution in [1.82, 2.24) is 19.8 Å². The number of hydrogen-bond acceptors (Lipinski definition) is 3. The van der Waals surface area contributed by atoms with Crippen molar-refractivity contribution in [3.05, 3.63) is 90.3 Å². The van der Waals surface area contributed by atoms with Gasteiger partial charge in [0, 0.05) is 13.1 Å². The summed E-state index contributed by atoms with van der Waals surface area (Å²) in [4.78, 5) is 12.3. The molecule has 0 saturated carbocycles. The van der Waals surface area contributed by atoms with Gasteiger partial charge < -0.3 is 14.8 Å². The van der Waals surface area contributed by atoms with Gasteiger partial charge in [0.1, 0.15) is 0 Å². The first-order chi connectivity index (χ1) is 14.7. The Morgan fingerprint density at radius 1 is 0.733 bits per heavy atom. The molecular formula is C26H30N4. The third kappa shape index (κ3) is 5.35. The lowest BCUT2D eigenvalue weighted by Gasteiger charge is -2.20. The number of nitrogens with one attached hydrogen (secondary N) is 1. The zero-order chi connectivity index (χ0) is 20.8. The van der Waals surface area contributed by atoms with Crippen LogP contribution in [0.4, 0.5) is 0 Å². The highest BCUT2D eigenvalue weighted by molar-refractivity contribution is 5.81. The third-order valence-electron chi connectivity index (χ3n) is 5.51. The quantitative estimate of drug-likeness (QED) is 0.422. The van der Waals surface area contributed by atoms with Crippen molar-refractivity contribution < 1.29 is 0 Å². The molecule has 0 saturated heterocycles. The zero-order valence-corrected chi connectivity index (χ0v) is 17.9. The van der Waals surface area contributed by atoms with Gasteiger partial charge in [-0.1, -0.05) is 54.6 Å². The molecule has 0 unspecified atom stereocenters.